The maximum atomic E-state index is 12.1. The number of carbonyl (C=O) groups is 1. The quantitative estimate of drug-likeness (QED) is 0.525. The Morgan fingerprint density at radius 2 is 1.84 bits per heavy atom. The number of benzene rings is 3. The molecule has 1 amide bonds. The molecule has 0 saturated heterocycles. The van der Waals surface area contributed by atoms with Gasteiger partial charge in [-0.15, -0.1) is 0 Å². The maximum absolute atomic E-state index is 12.1. The molecule has 3 aromatic carbocycles. The van der Waals surface area contributed by atoms with Crippen LogP contribution in [0.4, 0.5) is 4.79 Å². The third kappa shape index (κ3) is 3.11. The molecule has 0 spiro atoms. The fourth-order valence-corrected chi connectivity index (χ4v) is 4.25. The van der Waals surface area contributed by atoms with Gasteiger partial charge in [0.15, 0.2) is 0 Å². The Morgan fingerprint density at radius 3 is 2.55 bits per heavy atom. The van der Waals surface area contributed by atoms with Crippen molar-refractivity contribution in [2.45, 2.75) is 12.6 Å². The predicted molar refractivity (Wildman–Crippen MR) is 116 cm³/mol. The number of carboxylic acid groups (broad SMARTS) is 1. The van der Waals surface area contributed by atoms with Gasteiger partial charge in [0.25, 0.3) is 5.56 Å². The van der Waals surface area contributed by atoms with Gasteiger partial charge in [0.1, 0.15) is 5.75 Å². The molecule has 0 saturated carbocycles. The standard InChI is InChI=1S/C24H19N3O4/c1-31-17-10-11-18-16(12-17)13-27(24(29)30)22(18)15-8-6-14(7-9-15)21-19-4-2-3-5-20(19)23(28)26-25-21/h2-12,22H,13H2,1H3,(H,26,28)(H,29,30). The Hall–Kier alpha value is -4.13. The number of H-pyrrole nitrogens is 1. The first-order valence-corrected chi connectivity index (χ1v) is 9.81. The van der Waals surface area contributed by atoms with Gasteiger partial charge in [-0.25, -0.2) is 9.89 Å². The number of aromatic amines is 1. The van der Waals surface area contributed by atoms with Gasteiger partial charge in [-0.3, -0.25) is 9.69 Å². The van der Waals surface area contributed by atoms with Crippen LogP contribution in [0.1, 0.15) is 22.7 Å². The molecular formula is C24H19N3O4. The van der Waals surface area contributed by atoms with E-state index < -0.39 is 12.1 Å². The summed E-state index contributed by atoms with van der Waals surface area (Å²) in [5.74, 6) is 0.705. The van der Waals surface area contributed by atoms with Crippen LogP contribution in [-0.4, -0.2) is 33.4 Å². The van der Waals surface area contributed by atoms with Crippen molar-refractivity contribution in [1.82, 2.24) is 15.1 Å². The fourth-order valence-electron chi connectivity index (χ4n) is 4.25. The van der Waals surface area contributed by atoms with E-state index in [-0.39, 0.29) is 5.56 Å². The summed E-state index contributed by atoms with van der Waals surface area (Å²) in [5, 5.41) is 17.9. The van der Waals surface area contributed by atoms with Crippen LogP contribution in [0.25, 0.3) is 22.0 Å². The molecule has 2 heterocycles. The van der Waals surface area contributed by atoms with Crippen molar-refractivity contribution in [3.05, 3.63) is 93.8 Å². The Kier molecular flexibility index (Phi) is 4.43. The van der Waals surface area contributed by atoms with Gasteiger partial charge < -0.3 is 9.84 Å². The van der Waals surface area contributed by atoms with Crippen molar-refractivity contribution in [3.8, 4) is 17.0 Å². The minimum Gasteiger partial charge on any atom is -0.497 e. The van der Waals surface area contributed by atoms with E-state index in [4.69, 9.17) is 4.74 Å². The van der Waals surface area contributed by atoms with Crippen molar-refractivity contribution < 1.29 is 14.6 Å². The lowest BCUT2D eigenvalue weighted by atomic mass is 9.96. The van der Waals surface area contributed by atoms with Crippen molar-refractivity contribution in [2.24, 2.45) is 0 Å². The van der Waals surface area contributed by atoms with Crippen molar-refractivity contribution in [2.75, 3.05) is 7.11 Å². The van der Waals surface area contributed by atoms with Crippen molar-refractivity contribution in [1.29, 1.82) is 0 Å². The maximum Gasteiger partial charge on any atom is 0.408 e. The molecule has 31 heavy (non-hydrogen) atoms. The van der Waals surface area contributed by atoms with E-state index in [1.165, 1.54) is 4.90 Å². The summed E-state index contributed by atoms with van der Waals surface area (Å²) in [5.41, 5.74) is 4.03. The monoisotopic (exact) mass is 413 g/mol. The zero-order valence-electron chi connectivity index (χ0n) is 16.7. The number of rotatable bonds is 3. The summed E-state index contributed by atoms with van der Waals surface area (Å²) < 4.78 is 5.29. The van der Waals surface area contributed by atoms with E-state index in [1.54, 1.807) is 13.2 Å². The Balaban J connectivity index is 1.57. The third-order valence-corrected chi connectivity index (χ3v) is 5.74. The summed E-state index contributed by atoms with van der Waals surface area (Å²) in [6, 6.07) is 20.2. The SMILES string of the molecule is COc1ccc2c(c1)CN(C(=O)O)C2c1ccc(-c2n[nH]c(=O)c3ccccc23)cc1. The number of nitrogens with one attached hydrogen (secondary N) is 1. The van der Waals surface area contributed by atoms with Gasteiger partial charge in [-0.1, -0.05) is 48.5 Å². The molecule has 7 nitrogen and oxygen atoms in total. The number of hydrogen-bond donors (Lipinski definition) is 2. The summed E-state index contributed by atoms with van der Waals surface area (Å²) in [7, 11) is 1.59. The lowest BCUT2D eigenvalue weighted by Crippen LogP contribution is -2.28. The van der Waals surface area contributed by atoms with Crippen LogP contribution in [0, 0.1) is 0 Å². The molecule has 1 aromatic heterocycles. The average molecular weight is 413 g/mol. The molecule has 0 aliphatic carbocycles. The highest BCUT2D eigenvalue weighted by Gasteiger charge is 2.35. The fraction of sp³-hybridized carbons (Fsp3) is 0.125. The highest BCUT2D eigenvalue weighted by Crippen LogP contribution is 2.40. The van der Waals surface area contributed by atoms with Crippen molar-refractivity contribution >= 4 is 16.9 Å². The molecular weight excluding hydrogens is 394 g/mol. The lowest BCUT2D eigenvalue weighted by molar-refractivity contribution is 0.136. The van der Waals surface area contributed by atoms with Gasteiger partial charge in [0, 0.05) is 10.9 Å². The molecule has 5 rings (SSSR count). The number of amides is 1. The summed E-state index contributed by atoms with van der Waals surface area (Å²) >= 11 is 0. The molecule has 4 aromatic rings. The second-order valence-corrected chi connectivity index (χ2v) is 7.45. The van der Waals surface area contributed by atoms with Gasteiger partial charge in [-0.05, 0) is 34.9 Å². The van der Waals surface area contributed by atoms with Gasteiger partial charge in [0.2, 0.25) is 0 Å². The summed E-state index contributed by atoms with van der Waals surface area (Å²) in [6.07, 6.45) is -0.975. The molecule has 1 aliphatic heterocycles. The lowest BCUT2D eigenvalue weighted by Gasteiger charge is -2.23. The number of methoxy groups -OCH3 is 1. The van der Waals surface area contributed by atoms with Gasteiger partial charge in [-0.2, -0.15) is 5.10 Å². The second-order valence-electron chi connectivity index (χ2n) is 7.45. The number of nitrogens with zero attached hydrogens (tertiary/aromatic N) is 2. The Morgan fingerprint density at radius 1 is 1.10 bits per heavy atom. The Bertz CT molecular complexity index is 1360. The first-order chi connectivity index (χ1) is 15.1. The number of fused-ring (bicyclic) bond motifs is 2. The van der Waals surface area contributed by atoms with Crippen LogP contribution in [0.5, 0.6) is 5.75 Å². The van der Waals surface area contributed by atoms with Crippen LogP contribution >= 0.6 is 0 Å². The highest BCUT2D eigenvalue weighted by atomic mass is 16.5. The Labute approximate surface area is 177 Å². The van der Waals surface area contributed by atoms with E-state index in [0.29, 0.717) is 23.4 Å². The highest BCUT2D eigenvalue weighted by molar-refractivity contribution is 5.93. The molecule has 1 unspecified atom stereocenters. The van der Waals surface area contributed by atoms with Crippen LogP contribution in [-0.2, 0) is 6.54 Å². The first kappa shape index (κ1) is 18.9. The topological polar surface area (TPSA) is 95.5 Å². The second kappa shape index (κ2) is 7.28. The molecule has 0 radical (unpaired) electrons. The smallest absolute Gasteiger partial charge is 0.408 e. The molecule has 154 valence electrons. The molecule has 7 heteroatoms. The van der Waals surface area contributed by atoms with E-state index in [0.717, 1.165) is 27.6 Å². The summed E-state index contributed by atoms with van der Waals surface area (Å²) in [4.78, 5) is 25.4. The van der Waals surface area contributed by atoms with Crippen molar-refractivity contribution in [3.63, 3.8) is 0 Å². The van der Waals surface area contributed by atoms with Crippen LogP contribution < -0.4 is 10.3 Å². The molecule has 1 aliphatic rings. The van der Waals surface area contributed by atoms with Gasteiger partial charge >= 0.3 is 6.09 Å². The third-order valence-electron chi connectivity index (χ3n) is 5.74. The number of hydrogen-bond acceptors (Lipinski definition) is 4. The number of ether oxygens (including phenoxy) is 1. The molecule has 0 fully saturated rings. The van der Waals surface area contributed by atoms with Crippen LogP contribution in [0.3, 0.4) is 0 Å². The van der Waals surface area contributed by atoms with E-state index >= 15 is 0 Å². The minimum atomic E-state index is -0.975. The normalized spacial score (nSPS) is 15.1. The van der Waals surface area contributed by atoms with Crippen LogP contribution in [0.2, 0.25) is 0 Å². The van der Waals surface area contributed by atoms with E-state index in [9.17, 15) is 14.7 Å². The zero-order valence-corrected chi connectivity index (χ0v) is 16.7. The van der Waals surface area contributed by atoms with Crippen LogP contribution in [0.15, 0.2) is 71.5 Å². The van der Waals surface area contributed by atoms with E-state index in [2.05, 4.69) is 10.2 Å². The summed E-state index contributed by atoms with van der Waals surface area (Å²) in [6.45, 7) is 0.306. The zero-order chi connectivity index (χ0) is 21.5. The molecule has 0 bridgehead atoms. The largest absolute Gasteiger partial charge is 0.497 e. The average Bonchev–Trinajstić information content (AvgIpc) is 3.19. The minimum absolute atomic E-state index is 0.230. The first-order valence-electron chi connectivity index (χ1n) is 9.81. The predicted octanol–water partition coefficient (Wildman–Crippen LogP) is 4.18. The molecule has 1 atom stereocenters. The van der Waals surface area contributed by atoms with Gasteiger partial charge in [0.05, 0.1) is 30.8 Å². The number of aromatic nitrogens is 2. The van der Waals surface area contributed by atoms with E-state index in [1.807, 2.05) is 60.7 Å². The molecule has 2 N–H and O–H groups in total.